The van der Waals surface area contributed by atoms with Crippen LogP contribution in [-0.2, 0) is 14.8 Å². The molecule has 0 aliphatic carbocycles. The highest BCUT2D eigenvalue weighted by Crippen LogP contribution is 2.31. The molecule has 1 amide bonds. The van der Waals surface area contributed by atoms with Gasteiger partial charge in [-0.15, -0.1) is 11.3 Å². The molecule has 1 fully saturated rings. The van der Waals surface area contributed by atoms with Crippen LogP contribution in [0.25, 0.3) is 11.4 Å². The van der Waals surface area contributed by atoms with Crippen molar-refractivity contribution >= 4 is 33.0 Å². The second-order valence-corrected chi connectivity index (χ2v) is 10.8. The Morgan fingerprint density at radius 2 is 2.00 bits per heavy atom. The predicted molar refractivity (Wildman–Crippen MR) is 118 cm³/mol. The fraction of sp³-hybridized carbons (Fsp3) is 0.381. The number of nitrogens with zero attached hydrogens (tertiary/aromatic N) is 3. The van der Waals surface area contributed by atoms with Crippen molar-refractivity contribution in [2.45, 2.75) is 37.8 Å². The lowest BCUT2D eigenvalue weighted by molar-refractivity contribution is -0.120. The minimum absolute atomic E-state index is 0.147. The lowest BCUT2D eigenvalue weighted by Gasteiger charge is -2.31. The Hall–Kier alpha value is -2.56. The average Bonchev–Trinajstić information content (AvgIpc) is 3.40. The van der Waals surface area contributed by atoms with Gasteiger partial charge in [0.15, 0.2) is 0 Å². The molecule has 1 aliphatic rings. The Balaban J connectivity index is 1.50. The largest absolute Gasteiger partial charge is 0.339 e. The van der Waals surface area contributed by atoms with E-state index in [4.69, 9.17) is 4.52 Å². The number of carbonyl (C=O) groups is 1. The van der Waals surface area contributed by atoms with E-state index in [9.17, 15) is 13.2 Å². The van der Waals surface area contributed by atoms with Crippen LogP contribution in [0.15, 0.2) is 38.4 Å². The molecule has 2 aromatic heterocycles. The number of thiophene rings is 1. The second-order valence-electron chi connectivity index (χ2n) is 7.75. The molecule has 31 heavy (non-hydrogen) atoms. The van der Waals surface area contributed by atoms with Crippen molar-refractivity contribution < 1.29 is 17.7 Å². The summed E-state index contributed by atoms with van der Waals surface area (Å²) in [4.78, 5) is 17.1. The number of para-hydroxylation sites is 1. The third-order valence-electron chi connectivity index (χ3n) is 5.44. The predicted octanol–water partition coefficient (Wildman–Crippen LogP) is 3.76. The first-order chi connectivity index (χ1) is 14.8. The normalized spacial score (nSPS) is 17.6. The Morgan fingerprint density at radius 1 is 1.26 bits per heavy atom. The fourth-order valence-electron chi connectivity index (χ4n) is 3.72. The zero-order chi connectivity index (χ0) is 22.2. The van der Waals surface area contributed by atoms with E-state index in [1.165, 1.54) is 4.31 Å². The standard InChI is InChI=1S/C21H24N4O4S2/c1-13-6-4-7-14(2)19(13)23-21(26)16-8-5-9-25(11-16)31(27,28)18-10-17(12-30-18)20-22-15(3)29-24-20/h4,6-7,10,12,16H,5,8-9,11H2,1-3H3,(H,23,26)/t16-/m1/s1. The minimum Gasteiger partial charge on any atom is -0.339 e. The summed E-state index contributed by atoms with van der Waals surface area (Å²) < 4.78 is 33.0. The van der Waals surface area contributed by atoms with Gasteiger partial charge in [-0.25, -0.2) is 8.42 Å². The van der Waals surface area contributed by atoms with E-state index in [-0.39, 0.29) is 16.7 Å². The van der Waals surface area contributed by atoms with Crippen molar-refractivity contribution in [1.29, 1.82) is 0 Å². The van der Waals surface area contributed by atoms with E-state index in [1.54, 1.807) is 18.4 Å². The highest BCUT2D eigenvalue weighted by Gasteiger charge is 2.34. The molecule has 0 unspecified atom stereocenters. The number of aryl methyl sites for hydroxylation is 3. The van der Waals surface area contributed by atoms with E-state index < -0.39 is 15.9 Å². The number of anilines is 1. The number of sulfonamides is 1. The van der Waals surface area contributed by atoms with Crippen molar-refractivity contribution in [3.63, 3.8) is 0 Å². The van der Waals surface area contributed by atoms with Crippen LogP contribution in [0.2, 0.25) is 0 Å². The molecule has 3 heterocycles. The number of amides is 1. The molecule has 8 nitrogen and oxygen atoms in total. The first kappa shape index (κ1) is 21.7. The lowest BCUT2D eigenvalue weighted by Crippen LogP contribution is -2.43. The molecular weight excluding hydrogens is 436 g/mol. The van der Waals surface area contributed by atoms with Crippen LogP contribution in [-0.4, -0.2) is 41.9 Å². The van der Waals surface area contributed by atoms with Gasteiger partial charge in [-0.1, -0.05) is 23.4 Å². The van der Waals surface area contributed by atoms with Gasteiger partial charge in [-0.05, 0) is 43.9 Å². The van der Waals surface area contributed by atoms with Crippen LogP contribution < -0.4 is 5.32 Å². The Kier molecular flexibility index (Phi) is 5.96. The summed E-state index contributed by atoms with van der Waals surface area (Å²) in [6.45, 7) is 6.12. The number of nitrogens with one attached hydrogen (secondary N) is 1. The van der Waals surface area contributed by atoms with Crippen molar-refractivity contribution in [2.75, 3.05) is 18.4 Å². The quantitative estimate of drug-likeness (QED) is 0.621. The maximum absolute atomic E-state index is 13.2. The Morgan fingerprint density at radius 3 is 2.68 bits per heavy atom. The average molecular weight is 461 g/mol. The summed E-state index contributed by atoms with van der Waals surface area (Å²) in [6, 6.07) is 7.39. The van der Waals surface area contributed by atoms with Crippen LogP contribution in [0, 0.1) is 26.7 Å². The third kappa shape index (κ3) is 4.41. The Labute approximate surface area is 185 Å². The molecule has 0 bridgehead atoms. The maximum Gasteiger partial charge on any atom is 0.252 e. The van der Waals surface area contributed by atoms with E-state index >= 15 is 0 Å². The van der Waals surface area contributed by atoms with Gasteiger partial charge < -0.3 is 9.84 Å². The first-order valence-electron chi connectivity index (χ1n) is 10.0. The van der Waals surface area contributed by atoms with Gasteiger partial charge in [0.05, 0.1) is 5.92 Å². The van der Waals surface area contributed by atoms with Crippen LogP contribution >= 0.6 is 11.3 Å². The van der Waals surface area contributed by atoms with Gasteiger partial charge in [-0.2, -0.15) is 9.29 Å². The van der Waals surface area contributed by atoms with Crippen LogP contribution in [0.5, 0.6) is 0 Å². The van der Waals surface area contributed by atoms with Crippen molar-refractivity contribution in [3.8, 4) is 11.4 Å². The monoisotopic (exact) mass is 460 g/mol. The molecule has 1 atom stereocenters. The third-order valence-corrected chi connectivity index (χ3v) is 8.72. The number of rotatable bonds is 5. The number of hydrogen-bond donors (Lipinski definition) is 1. The zero-order valence-corrected chi connectivity index (χ0v) is 19.2. The number of carbonyl (C=O) groups excluding carboxylic acids is 1. The summed E-state index contributed by atoms with van der Waals surface area (Å²) in [5.41, 5.74) is 3.36. The number of benzene rings is 1. The molecule has 0 saturated carbocycles. The Bertz CT molecular complexity index is 1200. The molecule has 0 spiro atoms. The van der Waals surface area contributed by atoms with Crippen LogP contribution in [0.1, 0.15) is 29.9 Å². The van der Waals surface area contributed by atoms with Gasteiger partial charge in [0.1, 0.15) is 4.21 Å². The highest BCUT2D eigenvalue weighted by atomic mass is 32.2. The van der Waals surface area contributed by atoms with Gasteiger partial charge in [0.2, 0.25) is 17.6 Å². The SMILES string of the molecule is Cc1nc(-c2csc(S(=O)(=O)N3CCC[C@@H](C(=O)Nc4c(C)cccc4C)C3)c2)no1. The molecule has 1 aliphatic heterocycles. The van der Waals surface area contributed by atoms with Gasteiger partial charge in [0.25, 0.3) is 10.0 Å². The summed E-state index contributed by atoms with van der Waals surface area (Å²) in [7, 11) is -3.71. The molecule has 10 heteroatoms. The number of aromatic nitrogens is 2. The summed E-state index contributed by atoms with van der Waals surface area (Å²) in [6.07, 6.45) is 1.28. The molecule has 164 valence electrons. The summed E-state index contributed by atoms with van der Waals surface area (Å²) in [5.74, 6) is 0.229. The van der Waals surface area contributed by atoms with E-state index in [0.717, 1.165) is 28.2 Å². The molecule has 3 aromatic rings. The molecule has 1 N–H and O–H groups in total. The zero-order valence-electron chi connectivity index (χ0n) is 17.6. The topological polar surface area (TPSA) is 105 Å². The van der Waals surface area contributed by atoms with E-state index in [2.05, 4.69) is 15.5 Å². The smallest absolute Gasteiger partial charge is 0.252 e. The summed E-state index contributed by atoms with van der Waals surface area (Å²) in [5, 5.41) is 8.55. The van der Waals surface area contributed by atoms with Gasteiger partial charge in [0, 0.05) is 36.6 Å². The van der Waals surface area contributed by atoms with E-state index in [0.29, 0.717) is 36.7 Å². The number of hydrogen-bond acceptors (Lipinski definition) is 7. The highest BCUT2D eigenvalue weighted by molar-refractivity contribution is 7.91. The van der Waals surface area contributed by atoms with Crippen molar-refractivity contribution in [2.24, 2.45) is 5.92 Å². The fourth-order valence-corrected chi connectivity index (χ4v) is 6.56. The van der Waals surface area contributed by atoms with Crippen molar-refractivity contribution in [1.82, 2.24) is 14.4 Å². The molecular formula is C21H24N4O4S2. The van der Waals surface area contributed by atoms with Crippen LogP contribution in [0.3, 0.4) is 0 Å². The molecule has 1 saturated heterocycles. The molecule has 1 aromatic carbocycles. The minimum atomic E-state index is -3.71. The second kappa shape index (κ2) is 8.52. The number of piperidine rings is 1. The van der Waals surface area contributed by atoms with Crippen LogP contribution in [0.4, 0.5) is 5.69 Å². The van der Waals surface area contributed by atoms with E-state index in [1.807, 2.05) is 32.0 Å². The van der Waals surface area contributed by atoms with Gasteiger partial charge >= 0.3 is 0 Å². The first-order valence-corrected chi connectivity index (χ1v) is 12.3. The summed E-state index contributed by atoms with van der Waals surface area (Å²) >= 11 is 1.12. The van der Waals surface area contributed by atoms with Gasteiger partial charge in [-0.3, -0.25) is 4.79 Å². The molecule has 4 rings (SSSR count). The lowest BCUT2D eigenvalue weighted by atomic mass is 9.98. The molecule has 0 radical (unpaired) electrons. The maximum atomic E-state index is 13.2. The van der Waals surface area contributed by atoms with Crippen molar-refractivity contribution in [3.05, 3.63) is 46.7 Å².